The van der Waals surface area contributed by atoms with Crippen LogP contribution in [-0.2, 0) is 11.0 Å². The Morgan fingerprint density at radius 3 is 2.40 bits per heavy atom. The van der Waals surface area contributed by atoms with E-state index in [0.717, 1.165) is 12.1 Å². The summed E-state index contributed by atoms with van der Waals surface area (Å²) in [6.07, 6.45) is -4.55. The van der Waals surface area contributed by atoms with Crippen LogP contribution in [0, 0.1) is 0 Å². The number of nitrogens with one attached hydrogen (secondary N) is 2. The highest BCUT2D eigenvalue weighted by Crippen LogP contribution is 2.33. The number of carboxylic acids is 1. The minimum Gasteiger partial charge on any atom is -0.480 e. The maximum Gasteiger partial charge on any atom is 0.416 e. The van der Waals surface area contributed by atoms with E-state index in [4.69, 9.17) is 5.11 Å². The maximum absolute atomic E-state index is 12.6. The third-order valence-electron chi connectivity index (χ3n) is 2.20. The van der Waals surface area contributed by atoms with E-state index in [-0.39, 0.29) is 10.2 Å². The van der Waals surface area contributed by atoms with E-state index in [0.29, 0.717) is 0 Å². The summed E-state index contributed by atoms with van der Waals surface area (Å²) in [4.78, 5) is 21.9. The van der Waals surface area contributed by atoms with Gasteiger partial charge in [-0.2, -0.15) is 13.2 Å². The lowest BCUT2D eigenvalue weighted by Gasteiger charge is -2.13. The average molecular weight is 355 g/mol. The Hall–Kier alpha value is -1.77. The fourth-order valence-corrected chi connectivity index (χ4v) is 1.74. The zero-order valence-corrected chi connectivity index (χ0v) is 11.7. The van der Waals surface area contributed by atoms with Crippen molar-refractivity contribution in [1.82, 2.24) is 5.32 Å². The first-order valence-corrected chi connectivity index (χ1v) is 6.07. The van der Waals surface area contributed by atoms with Gasteiger partial charge in [0.25, 0.3) is 0 Å². The lowest BCUT2D eigenvalue weighted by molar-refractivity contribution is -0.139. The molecule has 1 atom stereocenters. The molecular weight excluding hydrogens is 345 g/mol. The third-order valence-corrected chi connectivity index (χ3v) is 2.66. The van der Waals surface area contributed by atoms with Gasteiger partial charge in [-0.15, -0.1) is 0 Å². The minimum absolute atomic E-state index is 0.109. The van der Waals surface area contributed by atoms with Crippen molar-refractivity contribution in [2.24, 2.45) is 0 Å². The summed E-state index contributed by atoms with van der Waals surface area (Å²) in [6, 6.07) is 0.800. The summed E-state index contributed by atoms with van der Waals surface area (Å²) in [7, 11) is 0. The number of rotatable bonds is 3. The van der Waals surface area contributed by atoms with Gasteiger partial charge in [-0.1, -0.05) is 15.9 Å². The number of anilines is 1. The predicted molar refractivity (Wildman–Crippen MR) is 68.4 cm³/mol. The molecule has 0 aliphatic carbocycles. The zero-order valence-electron chi connectivity index (χ0n) is 10.1. The fourth-order valence-electron chi connectivity index (χ4n) is 1.25. The monoisotopic (exact) mass is 354 g/mol. The van der Waals surface area contributed by atoms with Crippen molar-refractivity contribution in [2.45, 2.75) is 19.1 Å². The average Bonchev–Trinajstić information content (AvgIpc) is 2.26. The number of alkyl halides is 3. The van der Waals surface area contributed by atoms with Crippen molar-refractivity contribution in [2.75, 3.05) is 5.32 Å². The van der Waals surface area contributed by atoms with Crippen molar-refractivity contribution in [1.29, 1.82) is 0 Å². The number of amides is 2. The topological polar surface area (TPSA) is 78.4 Å². The van der Waals surface area contributed by atoms with Crippen molar-refractivity contribution >= 4 is 33.6 Å². The molecule has 0 bridgehead atoms. The van der Waals surface area contributed by atoms with Crippen molar-refractivity contribution < 1.29 is 27.9 Å². The van der Waals surface area contributed by atoms with E-state index in [1.165, 1.54) is 13.0 Å². The third kappa shape index (κ3) is 4.72. The number of carboxylic acid groups (broad SMARTS) is 1. The summed E-state index contributed by atoms with van der Waals surface area (Å²) < 4.78 is 37.9. The van der Waals surface area contributed by atoms with Gasteiger partial charge in [0.15, 0.2) is 0 Å². The molecule has 0 saturated heterocycles. The highest BCUT2D eigenvalue weighted by molar-refractivity contribution is 9.10. The number of aliphatic carboxylic acids is 1. The summed E-state index contributed by atoms with van der Waals surface area (Å²) >= 11 is 2.90. The van der Waals surface area contributed by atoms with Crippen LogP contribution in [0.15, 0.2) is 22.7 Å². The molecule has 1 aromatic carbocycles. The largest absolute Gasteiger partial charge is 0.480 e. The van der Waals surface area contributed by atoms with Crippen LogP contribution in [0.2, 0.25) is 0 Å². The van der Waals surface area contributed by atoms with Crippen molar-refractivity contribution in [3.05, 3.63) is 28.2 Å². The Morgan fingerprint density at radius 1 is 1.30 bits per heavy atom. The second-order valence-electron chi connectivity index (χ2n) is 3.88. The molecule has 5 nitrogen and oxygen atoms in total. The van der Waals surface area contributed by atoms with Crippen LogP contribution in [0.5, 0.6) is 0 Å². The number of carbonyl (C=O) groups excluding carboxylic acids is 1. The molecule has 2 amide bonds. The lowest BCUT2D eigenvalue weighted by Crippen LogP contribution is -2.40. The quantitative estimate of drug-likeness (QED) is 0.780. The van der Waals surface area contributed by atoms with Gasteiger partial charge < -0.3 is 15.7 Å². The van der Waals surface area contributed by atoms with Gasteiger partial charge in [0, 0.05) is 10.2 Å². The molecule has 0 radical (unpaired) electrons. The molecule has 0 spiro atoms. The Labute approximate surface area is 120 Å². The smallest absolute Gasteiger partial charge is 0.416 e. The molecule has 1 aromatic rings. The van der Waals surface area contributed by atoms with E-state index in [1.54, 1.807) is 0 Å². The number of urea groups is 1. The number of carbonyl (C=O) groups is 2. The van der Waals surface area contributed by atoms with Gasteiger partial charge in [-0.05, 0) is 25.1 Å². The van der Waals surface area contributed by atoms with Crippen molar-refractivity contribution in [3.8, 4) is 0 Å². The van der Waals surface area contributed by atoms with Gasteiger partial charge in [0.05, 0.1) is 5.56 Å². The number of hydrogen-bond acceptors (Lipinski definition) is 2. The highest BCUT2D eigenvalue weighted by atomic mass is 79.9. The maximum atomic E-state index is 12.6. The molecular formula is C11H10BrF3N2O3. The molecule has 0 aliphatic heterocycles. The summed E-state index contributed by atoms with van der Waals surface area (Å²) in [6.45, 7) is 1.23. The van der Waals surface area contributed by atoms with Gasteiger partial charge in [-0.25, -0.2) is 4.79 Å². The van der Waals surface area contributed by atoms with Crippen molar-refractivity contribution in [3.63, 3.8) is 0 Å². The molecule has 3 N–H and O–H groups in total. The molecule has 0 fully saturated rings. The second-order valence-corrected chi connectivity index (χ2v) is 4.80. The molecule has 0 heterocycles. The molecule has 0 aliphatic rings. The Bertz CT molecular complexity index is 534. The molecule has 0 aromatic heterocycles. The first kappa shape index (κ1) is 16.3. The number of halogens is 4. The van der Waals surface area contributed by atoms with Crippen LogP contribution in [0.4, 0.5) is 23.7 Å². The normalized spacial score (nSPS) is 12.7. The molecule has 0 unspecified atom stereocenters. The molecule has 0 saturated carbocycles. The van der Waals surface area contributed by atoms with Crippen LogP contribution >= 0.6 is 15.9 Å². The Balaban J connectivity index is 2.85. The van der Waals surface area contributed by atoms with E-state index in [9.17, 15) is 22.8 Å². The molecule has 20 heavy (non-hydrogen) atoms. The van der Waals surface area contributed by atoms with Gasteiger partial charge >= 0.3 is 18.2 Å². The lowest BCUT2D eigenvalue weighted by atomic mass is 10.2. The van der Waals surface area contributed by atoms with Crippen LogP contribution in [0.1, 0.15) is 12.5 Å². The van der Waals surface area contributed by atoms with Crippen LogP contribution in [0.3, 0.4) is 0 Å². The second kappa shape index (κ2) is 6.12. The summed E-state index contributed by atoms with van der Waals surface area (Å²) in [5.41, 5.74) is -1.05. The standard InChI is InChI=1S/C11H10BrF3N2O3/c1-5(9(18)19)16-10(20)17-8-3-6(11(13,14)15)2-7(12)4-8/h2-5H,1H3,(H,18,19)(H2,16,17,20)/t5-/m1/s1. The molecule has 1 rings (SSSR count). The summed E-state index contributed by atoms with van der Waals surface area (Å²) in [5.74, 6) is -1.26. The van der Waals surface area contributed by atoms with E-state index in [1.807, 2.05) is 0 Å². The van der Waals surface area contributed by atoms with E-state index in [2.05, 4.69) is 26.6 Å². The fraction of sp³-hybridized carbons (Fsp3) is 0.273. The number of hydrogen-bond donors (Lipinski definition) is 3. The first-order valence-electron chi connectivity index (χ1n) is 5.27. The molecule has 9 heteroatoms. The van der Waals surface area contributed by atoms with Crippen LogP contribution in [-0.4, -0.2) is 23.1 Å². The SMILES string of the molecule is C[C@@H](NC(=O)Nc1cc(Br)cc(C(F)(F)F)c1)C(=O)O. The first-order chi connectivity index (χ1) is 9.09. The van der Waals surface area contributed by atoms with Crippen LogP contribution < -0.4 is 10.6 Å². The van der Waals surface area contributed by atoms with E-state index < -0.39 is 29.8 Å². The Morgan fingerprint density at radius 2 is 1.90 bits per heavy atom. The molecule has 110 valence electrons. The van der Waals surface area contributed by atoms with Gasteiger partial charge in [-0.3, -0.25) is 4.79 Å². The summed E-state index contributed by atoms with van der Waals surface area (Å²) in [5, 5.41) is 12.8. The highest BCUT2D eigenvalue weighted by Gasteiger charge is 2.31. The van der Waals surface area contributed by atoms with E-state index >= 15 is 0 Å². The van der Waals surface area contributed by atoms with Crippen LogP contribution in [0.25, 0.3) is 0 Å². The Kier molecular flexibility index (Phi) is 4.98. The van der Waals surface area contributed by atoms with Gasteiger partial charge in [0.1, 0.15) is 6.04 Å². The minimum atomic E-state index is -4.55. The predicted octanol–water partition coefficient (Wildman–Crippen LogP) is 3.06. The van der Waals surface area contributed by atoms with Gasteiger partial charge in [0.2, 0.25) is 0 Å². The number of benzene rings is 1. The zero-order chi connectivity index (χ0) is 15.5.